The molecule has 1 N–H and O–H groups in total. The molecule has 0 spiro atoms. The number of aryl methyl sites for hydroxylation is 2. The fourth-order valence-corrected chi connectivity index (χ4v) is 2.19. The van der Waals surface area contributed by atoms with Crippen molar-refractivity contribution in [1.29, 1.82) is 0 Å². The zero-order valence-electron chi connectivity index (χ0n) is 11.6. The van der Waals surface area contributed by atoms with Crippen LogP contribution in [0.5, 0.6) is 0 Å². The topological polar surface area (TPSA) is 47.7 Å². The van der Waals surface area contributed by atoms with Crippen LogP contribution in [0.4, 0.5) is 5.69 Å². The second-order valence-electron chi connectivity index (χ2n) is 4.76. The Morgan fingerprint density at radius 1 is 1.15 bits per heavy atom. The molecule has 3 aromatic heterocycles. The molecule has 0 aliphatic carbocycles. The summed E-state index contributed by atoms with van der Waals surface area (Å²) in [5.41, 5.74) is 2.24. The number of rotatable bonds is 4. The van der Waals surface area contributed by atoms with Crippen molar-refractivity contribution in [3.8, 4) is 5.82 Å². The lowest BCUT2D eigenvalue weighted by Crippen LogP contribution is -2.06. The monoisotopic (exact) mass is 267 g/mol. The first-order valence-corrected chi connectivity index (χ1v) is 6.54. The summed E-state index contributed by atoms with van der Waals surface area (Å²) >= 11 is 0. The van der Waals surface area contributed by atoms with Crippen LogP contribution in [-0.2, 0) is 13.6 Å². The minimum Gasteiger partial charge on any atom is -0.378 e. The number of nitrogens with zero attached hydrogens (tertiary/aromatic N) is 4. The lowest BCUT2D eigenvalue weighted by molar-refractivity contribution is 0.916. The average Bonchev–Trinajstić information content (AvgIpc) is 3.05. The Morgan fingerprint density at radius 2 is 2.05 bits per heavy atom. The molecular weight excluding hydrogens is 250 g/mol. The molecule has 0 aliphatic rings. The van der Waals surface area contributed by atoms with Crippen molar-refractivity contribution in [2.75, 3.05) is 5.32 Å². The molecule has 5 heteroatoms. The highest BCUT2D eigenvalue weighted by molar-refractivity contribution is 5.57. The molecule has 3 heterocycles. The first-order chi connectivity index (χ1) is 9.74. The predicted octanol–water partition coefficient (Wildman–Crippen LogP) is 2.53. The first kappa shape index (κ1) is 12.5. The van der Waals surface area contributed by atoms with Gasteiger partial charge in [-0.25, -0.2) is 9.97 Å². The molecule has 3 aromatic rings. The van der Waals surface area contributed by atoms with Gasteiger partial charge in [0.15, 0.2) is 5.82 Å². The van der Waals surface area contributed by atoms with Gasteiger partial charge < -0.3 is 9.88 Å². The van der Waals surface area contributed by atoms with E-state index in [0.717, 1.165) is 23.9 Å². The highest BCUT2D eigenvalue weighted by atomic mass is 15.1. The van der Waals surface area contributed by atoms with E-state index in [1.807, 2.05) is 47.6 Å². The molecule has 0 radical (unpaired) electrons. The molecule has 0 bridgehead atoms. The highest BCUT2D eigenvalue weighted by Crippen LogP contribution is 2.19. The van der Waals surface area contributed by atoms with Gasteiger partial charge in [0.05, 0.1) is 5.69 Å². The Balaban J connectivity index is 1.85. The molecule has 0 fully saturated rings. The van der Waals surface area contributed by atoms with Crippen molar-refractivity contribution in [2.24, 2.45) is 7.05 Å². The Bertz CT molecular complexity index is 710. The van der Waals surface area contributed by atoms with Gasteiger partial charge >= 0.3 is 0 Å². The molecular formula is C15H17N5. The Kier molecular flexibility index (Phi) is 3.25. The summed E-state index contributed by atoms with van der Waals surface area (Å²) in [5.74, 6) is 1.80. The number of aromatic nitrogens is 4. The second-order valence-corrected chi connectivity index (χ2v) is 4.76. The summed E-state index contributed by atoms with van der Waals surface area (Å²) in [6.45, 7) is 2.74. The summed E-state index contributed by atoms with van der Waals surface area (Å²) in [6, 6.07) is 6.07. The average molecular weight is 267 g/mol. The van der Waals surface area contributed by atoms with Gasteiger partial charge in [-0.2, -0.15) is 0 Å². The van der Waals surface area contributed by atoms with Gasteiger partial charge in [0, 0.05) is 44.6 Å². The number of nitrogens with one attached hydrogen (secondary N) is 1. The van der Waals surface area contributed by atoms with Crippen LogP contribution in [0.15, 0.2) is 49.2 Å². The van der Waals surface area contributed by atoms with Gasteiger partial charge in [-0.15, -0.1) is 0 Å². The Hall–Kier alpha value is -2.56. The number of anilines is 1. The van der Waals surface area contributed by atoms with Crippen molar-refractivity contribution >= 4 is 5.69 Å². The van der Waals surface area contributed by atoms with E-state index in [1.54, 1.807) is 12.4 Å². The van der Waals surface area contributed by atoms with Gasteiger partial charge in [0.2, 0.25) is 0 Å². The molecule has 102 valence electrons. The van der Waals surface area contributed by atoms with Crippen LogP contribution in [0, 0.1) is 6.92 Å². The third-order valence-electron chi connectivity index (χ3n) is 3.22. The Labute approximate surface area is 117 Å². The van der Waals surface area contributed by atoms with E-state index < -0.39 is 0 Å². The fraction of sp³-hybridized carbons (Fsp3) is 0.200. The van der Waals surface area contributed by atoms with Crippen LogP contribution in [0.3, 0.4) is 0 Å². The van der Waals surface area contributed by atoms with Crippen molar-refractivity contribution < 1.29 is 0 Å². The number of imidazole rings is 1. The summed E-state index contributed by atoms with van der Waals surface area (Å²) < 4.78 is 4.02. The zero-order valence-corrected chi connectivity index (χ0v) is 11.6. The van der Waals surface area contributed by atoms with Crippen molar-refractivity contribution in [3.05, 3.63) is 60.6 Å². The van der Waals surface area contributed by atoms with Crippen molar-refractivity contribution in [2.45, 2.75) is 13.5 Å². The van der Waals surface area contributed by atoms with Crippen LogP contribution in [0.25, 0.3) is 5.82 Å². The summed E-state index contributed by atoms with van der Waals surface area (Å²) in [4.78, 5) is 8.70. The maximum absolute atomic E-state index is 4.45. The van der Waals surface area contributed by atoms with Gasteiger partial charge in [-0.05, 0) is 30.7 Å². The zero-order chi connectivity index (χ0) is 13.9. The van der Waals surface area contributed by atoms with Crippen LogP contribution < -0.4 is 5.32 Å². The first-order valence-electron chi connectivity index (χ1n) is 6.54. The van der Waals surface area contributed by atoms with E-state index in [1.165, 1.54) is 5.56 Å². The minimum atomic E-state index is 0.771. The molecule has 0 unspecified atom stereocenters. The van der Waals surface area contributed by atoms with E-state index in [9.17, 15) is 0 Å². The van der Waals surface area contributed by atoms with Crippen LogP contribution >= 0.6 is 0 Å². The smallest absolute Gasteiger partial charge is 0.161 e. The largest absolute Gasteiger partial charge is 0.378 e. The summed E-state index contributed by atoms with van der Waals surface area (Å²) in [6.07, 6.45) is 9.64. The second kappa shape index (κ2) is 5.21. The maximum atomic E-state index is 4.45. The predicted molar refractivity (Wildman–Crippen MR) is 78.8 cm³/mol. The third-order valence-corrected chi connectivity index (χ3v) is 3.22. The maximum Gasteiger partial charge on any atom is 0.161 e. The van der Waals surface area contributed by atoms with Crippen molar-refractivity contribution in [1.82, 2.24) is 19.1 Å². The van der Waals surface area contributed by atoms with Gasteiger partial charge in [0.1, 0.15) is 5.82 Å². The van der Waals surface area contributed by atoms with Crippen LogP contribution in [0.1, 0.15) is 11.4 Å². The summed E-state index contributed by atoms with van der Waals surface area (Å²) in [7, 11) is 2.02. The van der Waals surface area contributed by atoms with Gasteiger partial charge in [-0.1, -0.05) is 0 Å². The quantitative estimate of drug-likeness (QED) is 0.790. The number of pyridine rings is 1. The molecule has 0 atom stereocenters. The lowest BCUT2D eigenvalue weighted by Gasteiger charge is -2.12. The number of hydrogen-bond donors (Lipinski definition) is 1. The van der Waals surface area contributed by atoms with E-state index in [0.29, 0.717) is 0 Å². The van der Waals surface area contributed by atoms with E-state index in [4.69, 9.17) is 0 Å². The molecule has 0 aromatic carbocycles. The SMILES string of the molecule is Cc1nccn1-c1ncccc1NCc1ccn(C)c1. The number of hydrogen-bond acceptors (Lipinski definition) is 3. The van der Waals surface area contributed by atoms with Crippen LogP contribution in [-0.4, -0.2) is 19.1 Å². The van der Waals surface area contributed by atoms with Gasteiger partial charge in [-0.3, -0.25) is 4.57 Å². The molecule has 0 saturated heterocycles. The van der Waals surface area contributed by atoms with E-state index in [-0.39, 0.29) is 0 Å². The molecule has 0 amide bonds. The lowest BCUT2D eigenvalue weighted by atomic mass is 10.3. The third kappa shape index (κ3) is 2.42. The molecule has 0 aliphatic heterocycles. The normalized spacial score (nSPS) is 10.7. The van der Waals surface area contributed by atoms with E-state index >= 15 is 0 Å². The molecule has 0 saturated carbocycles. The molecule has 5 nitrogen and oxygen atoms in total. The minimum absolute atomic E-state index is 0.771. The standard InChI is InChI=1S/C15H17N5/c1-12-16-7-9-20(12)15-14(4-3-6-17-15)18-10-13-5-8-19(2)11-13/h3-9,11,18H,10H2,1-2H3. The van der Waals surface area contributed by atoms with Crippen molar-refractivity contribution in [3.63, 3.8) is 0 Å². The molecule has 3 rings (SSSR count). The molecule has 20 heavy (non-hydrogen) atoms. The summed E-state index contributed by atoms with van der Waals surface area (Å²) in [5, 5.41) is 3.43. The highest BCUT2D eigenvalue weighted by Gasteiger charge is 2.07. The fourth-order valence-electron chi connectivity index (χ4n) is 2.19. The van der Waals surface area contributed by atoms with E-state index in [2.05, 4.69) is 27.5 Å². The van der Waals surface area contributed by atoms with Crippen LogP contribution in [0.2, 0.25) is 0 Å². The van der Waals surface area contributed by atoms with Gasteiger partial charge in [0.25, 0.3) is 0 Å². The Morgan fingerprint density at radius 3 is 2.75 bits per heavy atom.